The number of halogens is 1. The highest BCUT2D eigenvalue weighted by Gasteiger charge is 2.32. The van der Waals surface area contributed by atoms with Crippen molar-refractivity contribution in [3.8, 4) is 0 Å². The number of rotatable bonds is 5. The summed E-state index contributed by atoms with van der Waals surface area (Å²) in [5, 5.41) is 15.2. The van der Waals surface area contributed by atoms with E-state index in [9.17, 15) is 10.1 Å². The van der Waals surface area contributed by atoms with Gasteiger partial charge in [-0.3, -0.25) is 10.1 Å². The lowest BCUT2D eigenvalue weighted by molar-refractivity contribution is -0.383. The van der Waals surface area contributed by atoms with Gasteiger partial charge in [-0.05, 0) is 31.5 Å². The predicted octanol–water partition coefficient (Wildman–Crippen LogP) is 2.85. The molecule has 1 aliphatic rings. The van der Waals surface area contributed by atoms with Crippen LogP contribution in [0.15, 0.2) is 24.3 Å². The van der Waals surface area contributed by atoms with Crippen LogP contribution in [0.4, 0.5) is 23.3 Å². The second-order valence-corrected chi connectivity index (χ2v) is 6.94. The second-order valence-electron chi connectivity index (χ2n) is 6.50. The van der Waals surface area contributed by atoms with Crippen LogP contribution in [-0.4, -0.2) is 40.2 Å². The smallest absolute Gasteiger partial charge is 0.353 e. The maximum Gasteiger partial charge on any atom is 0.353 e. The first-order valence-electron chi connectivity index (χ1n) is 8.54. The molecule has 27 heavy (non-hydrogen) atoms. The van der Waals surface area contributed by atoms with Crippen molar-refractivity contribution in [1.82, 2.24) is 9.97 Å². The van der Waals surface area contributed by atoms with E-state index in [1.54, 1.807) is 12.1 Å². The van der Waals surface area contributed by atoms with E-state index < -0.39 is 4.92 Å². The first-order chi connectivity index (χ1) is 12.8. The van der Waals surface area contributed by atoms with E-state index in [1.165, 1.54) is 0 Å². The normalized spacial score (nSPS) is 19.7. The van der Waals surface area contributed by atoms with Crippen molar-refractivity contribution in [2.45, 2.75) is 32.6 Å². The maximum atomic E-state index is 11.5. The molecule has 1 aromatic heterocycles. The number of aromatic nitrogens is 2. The highest BCUT2D eigenvalue weighted by Crippen LogP contribution is 2.33. The van der Waals surface area contributed by atoms with Gasteiger partial charge in [0, 0.05) is 24.7 Å². The molecule has 0 bridgehead atoms. The second kappa shape index (κ2) is 7.93. The van der Waals surface area contributed by atoms with Crippen molar-refractivity contribution in [3.63, 3.8) is 0 Å². The van der Waals surface area contributed by atoms with Gasteiger partial charge in [0.25, 0.3) is 0 Å². The molecule has 1 aliphatic heterocycles. The zero-order valence-electron chi connectivity index (χ0n) is 15.1. The molecule has 144 valence electrons. The molecule has 0 amide bonds. The van der Waals surface area contributed by atoms with Crippen LogP contribution in [0.1, 0.15) is 19.4 Å². The molecule has 9 nitrogen and oxygen atoms in total. The Balaban J connectivity index is 1.88. The van der Waals surface area contributed by atoms with E-state index in [4.69, 9.17) is 22.1 Å². The molecule has 3 N–H and O–H groups in total. The number of hydrogen-bond donors (Lipinski definition) is 2. The molecule has 2 atom stereocenters. The fourth-order valence-electron chi connectivity index (χ4n) is 3.07. The lowest BCUT2D eigenvalue weighted by Crippen LogP contribution is -2.46. The van der Waals surface area contributed by atoms with E-state index in [0.29, 0.717) is 24.7 Å². The molecule has 0 unspecified atom stereocenters. The number of nitro groups is 1. The Morgan fingerprint density at radius 3 is 2.52 bits per heavy atom. The fraction of sp³-hybridized carbons (Fsp3) is 0.412. The van der Waals surface area contributed by atoms with Crippen molar-refractivity contribution in [2.24, 2.45) is 0 Å². The number of morpholine rings is 1. The fourth-order valence-corrected chi connectivity index (χ4v) is 3.19. The Kier molecular flexibility index (Phi) is 5.62. The summed E-state index contributed by atoms with van der Waals surface area (Å²) >= 11 is 5.89. The lowest BCUT2D eigenvalue weighted by atomic mass is 10.2. The largest absolute Gasteiger partial charge is 0.378 e. The minimum atomic E-state index is -0.543. The van der Waals surface area contributed by atoms with Crippen molar-refractivity contribution < 1.29 is 9.66 Å². The Morgan fingerprint density at radius 2 is 1.93 bits per heavy atom. The molecular formula is C17H21ClN6O3. The van der Waals surface area contributed by atoms with Crippen molar-refractivity contribution in [1.29, 1.82) is 0 Å². The van der Waals surface area contributed by atoms with E-state index in [1.807, 2.05) is 30.9 Å². The average Bonchev–Trinajstić information content (AvgIpc) is 2.59. The molecule has 1 aromatic carbocycles. The van der Waals surface area contributed by atoms with Crippen LogP contribution >= 0.6 is 11.6 Å². The van der Waals surface area contributed by atoms with E-state index in [0.717, 1.165) is 5.56 Å². The summed E-state index contributed by atoms with van der Waals surface area (Å²) in [7, 11) is 0. The minimum absolute atomic E-state index is 0.0741. The highest BCUT2D eigenvalue weighted by molar-refractivity contribution is 6.30. The summed E-state index contributed by atoms with van der Waals surface area (Å²) in [6, 6.07) is 7.31. The molecular weight excluding hydrogens is 372 g/mol. The van der Waals surface area contributed by atoms with E-state index in [2.05, 4.69) is 15.3 Å². The van der Waals surface area contributed by atoms with Crippen LogP contribution in [0.2, 0.25) is 5.02 Å². The number of nitrogen functional groups attached to an aromatic ring is 1. The Hall–Kier alpha value is -2.65. The van der Waals surface area contributed by atoms with Gasteiger partial charge in [-0.25, -0.2) is 0 Å². The van der Waals surface area contributed by atoms with Crippen LogP contribution in [0.25, 0.3) is 0 Å². The summed E-state index contributed by atoms with van der Waals surface area (Å²) in [6.07, 6.45) is -0.148. The van der Waals surface area contributed by atoms with Crippen molar-refractivity contribution >= 4 is 34.9 Å². The third-order valence-corrected chi connectivity index (χ3v) is 4.41. The molecule has 0 radical (unpaired) electrons. The zero-order chi connectivity index (χ0) is 19.6. The minimum Gasteiger partial charge on any atom is -0.378 e. The van der Waals surface area contributed by atoms with E-state index in [-0.39, 0.29) is 35.5 Å². The SMILES string of the molecule is C[C@@H]1CN(c2nc(NCc3ccc(Cl)cc3)nc(N)c2[N+](=O)[O-])C[C@@H](C)O1. The number of nitrogens with two attached hydrogens (primary N) is 1. The van der Waals surface area contributed by atoms with Gasteiger partial charge >= 0.3 is 5.69 Å². The summed E-state index contributed by atoms with van der Waals surface area (Å²) in [5.41, 5.74) is 6.56. The van der Waals surface area contributed by atoms with Crippen LogP contribution in [-0.2, 0) is 11.3 Å². The number of ether oxygens (including phenoxy) is 1. The molecule has 1 saturated heterocycles. The van der Waals surface area contributed by atoms with Gasteiger partial charge in [-0.15, -0.1) is 0 Å². The van der Waals surface area contributed by atoms with Crippen LogP contribution in [0.5, 0.6) is 0 Å². The Bertz CT molecular complexity index is 822. The number of benzene rings is 1. The number of hydrogen-bond acceptors (Lipinski definition) is 8. The van der Waals surface area contributed by atoms with Crippen LogP contribution in [0.3, 0.4) is 0 Å². The quantitative estimate of drug-likeness (QED) is 0.588. The number of anilines is 3. The lowest BCUT2D eigenvalue weighted by Gasteiger charge is -2.35. The van der Waals surface area contributed by atoms with Crippen LogP contribution < -0.4 is 16.0 Å². The predicted molar refractivity (Wildman–Crippen MR) is 104 cm³/mol. The third-order valence-electron chi connectivity index (χ3n) is 4.16. The molecule has 1 fully saturated rings. The van der Waals surface area contributed by atoms with Gasteiger partial charge < -0.3 is 20.7 Å². The first kappa shape index (κ1) is 19.1. The summed E-state index contributed by atoms with van der Waals surface area (Å²) in [4.78, 5) is 21.2. The average molecular weight is 393 g/mol. The highest BCUT2D eigenvalue weighted by atomic mass is 35.5. The molecule has 0 aliphatic carbocycles. The zero-order valence-corrected chi connectivity index (χ0v) is 15.8. The number of nitrogens with one attached hydrogen (secondary N) is 1. The standard InChI is InChI=1S/C17H21ClN6O3/c1-10-8-23(9-11(2)27-10)16-14(24(25)26)15(19)21-17(22-16)20-7-12-3-5-13(18)6-4-12/h3-6,10-11H,7-9H2,1-2H3,(H3,19,20,21,22)/t10-,11-/m1/s1. The Labute approximate surface area is 161 Å². The molecule has 2 heterocycles. The molecule has 3 rings (SSSR count). The first-order valence-corrected chi connectivity index (χ1v) is 8.92. The summed E-state index contributed by atoms with van der Waals surface area (Å²) < 4.78 is 5.70. The number of nitrogens with zero attached hydrogens (tertiary/aromatic N) is 4. The van der Waals surface area contributed by atoms with Gasteiger partial charge in [-0.2, -0.15) is 9.97 Å². The summed E-state index contributed by atoms with van der Waals surface area (Å²) in [5.74, 6) is 0.262. The molecule has 0 spiro atoms. The van der Waals surface area contributed by atoms with Gasteiger partial charge in [0.2, 0.25) is 17.6 Å². The topological polar surface area (TPSA) is 119 Å². The molecule has 0 saturated carbocycles. The van der Waals surface area contributed by atoms with Crippen molar-refractivity contribution in [2.75, 3.05) is 29.0 Å². The van der Waals surface area contributed by atoms with Gasteiger partial charge in [-0.1, -0.05) is 23.7 Å². The third kappa shape index (κ3) is 4.55. The molecule has 2 aromatic rings. The Morgan fingerprint density at radius 1 is 1.30 bits per heavy atom. The molecule has 10 heteroatoms. The van der Waals surface area contributed by atoms with Gasteiger partial charge in [0.05, 0.1) is 17.1 Å². The maximum absolute atomic E-state index is 11.5. The van der Waals surface area contributed by atoms with Crippen LogP contribution in [0, 0.1) is 10.1 Å². The van der Waals surface area contributed by atoms with E-state index >= 15 is 0 Å². The van der Waals surface area contributed by atoms with Gasteiger partial charge in [0.15, 0.2) is 0 Å². The van der Waals surface area contributed by atoms with Crippen molar-refractivity contribution in [3.05, 3.63) is 45.0 Å². The summed E-state index contributed by atoms with van der Waals surface area (Å²) in [6.45, 7) is 5.23. The van der Waals surface area contributed by atoms with Gasteiger partial charge in [0.1, 0.15) is 0 Å². The monoisotopic (exact) mass is 392 g/mol.